The fourth-order valence-electron chi connectivity index (χ4n) is 1.53. The largest absolute Gasteiger partial charge is 0.370 e. The van der Waals surface area contributed by atoms with E-state index < -0.39 is 6.10 Å². The van der Waals surface area contributed by atoms with Gasteiger partial charge in [0.15, 0.2) is 0 Å². The molecule has 1 atom stereocenters. The lowest BCUT2D eigenvalue weighted by Gasteiger charge is -2.22. The highest BCUT2D eigenvalue weighted by atomic mass is 19.1. The van der Waals surface area contributed by atoms with Gasteiger partial charge in [0.25, 0.3) is 5.91 Å². The van der Waals surface area contributed by atoms with Crippen molar-refractivity contribution in [1.29, 1.82) is 0 Å². The van der Waals surface area contributed by atoms with Crippen LogP contribution in [0.4, 0.5) is 4.39 Å². The number of rotatable bonds is 5. The number of halogens is 1. The summed E-state index contributed by atoms with van der Waals surface area (Å²) in [5, 5.41) is 0. The minimum absolute atomic E-state index is 0.128. The first kappa shape index (κ1) is 13.6. The third-order valence-corrected chi connectivity index (χ3v) is 2.46. The zero-order valence-corrected chi connectivity index (χ0v) is 10.0. The van der Waals surface area contributed by atoms with E-state index in [0.717, 1.165) is 5.56 Å². The van der Waals surface area contributed by atoms with Crippen LogP contribution in [0.25, 0.3) is 0 Å². The number of nitrogens with zero attached hydrogens (tertiary/aromatic N) is 1. The molecule has 0 spiro atoms. The molecule has 0 radical (unpaired) electrons. The quantitative estimate of drug-likeness (QED) is 0.826. The van der Waals surface area contributed by atoms with E-state index in [2.05, 4.69) is 0 Å². The van der Waals surface area contributed by atoms with E-state index in [1.54, 1.807) is 19.2 Å². The van der Waals surface area contributed by atoms with Gasteiger partial charge in [0.05, 0.1) is 0 Å². The topological polar surface area (TPSA) is 55.6 Å². The van der Waals surface area contributed by atoms with Crippen LogP contribution in [0.2, 0.25) is 0 Å². The number of amides is 1. The highest BCUT2D eigenvalue weighted by Gasteiger charge is 2.20. The van der Waals surface area contributed by atoms with Crippen molar-refractivity contribution in [3.8, 4) is 0 Å². The maximum absolute atomic E-state index is 13.0. The molecule has 1 rings (SSSR count). The number of carbonyl (C=O) groups excluding carboxylic acids is 1. The van der Waals surface area contributed by atoms with Crippen LogP contribution in [-0.2, 0) is 16.1 Å². The van der Waals surface area contributed by atoms with Crippen LogP contribution in [-0.4, -0.2) is 37.6 Å². The van der Waals surface area contributed by atoms with Crippen LogP contribution in [0.15, 0.2) is 24.3 Å². The Labute approximate surface area is 100 Å². The van der Waals surface area contributed by atoms with E-state index in [1.165, 1.54) is 24.1 Å². The molecule has 0 aliphatic heterocycles. The number of methoxy groups -OCH3 is 1. The van der Waals surface area contributed by atoms with Crippen molar-refractivity contribution < 1.29 is 13.9 Å². The normalized spacial score (nSPS) is 12.2. The first-order chi connectivity index (χ1) is 8.08. The van der Waals surface area contributed by atoms with Crippen LogP contribution >= 0.6 is 0 Å². The molecule has 1 amide bonds. The number of likely N-dealkylation sites (N-methyl/N-ethyl adjacent to an activating group) is 1. The molecule has 94 valence electrons. The third kappa shape index (κ3) is 3.80. The van der Waals surface area contributed by atoms with Crippen LogP contribution in [0.1, 0.15) is 5.56 Å². The van der Waals surface area contributed by atoms with Crippen molar-refractivity contribution in [3.05, 3.63) is 35.6 Å². The number of carbonyl (C=O) groups is 1. The number of hydrogen-bond acceptors (Lipinski definition) is 3. The van der Waals surface area contributed by atoms with Crippen LogP contribution in [0.3, 0.4) is 0 Å². The zero-order chi connectivity index (χ0) is 12.8. The van der Waals surface area contributed by atoms with Gasteiger partial charge >= 0.3 is 0 Å². The lowest BCUT2D eigenvalue weighted by atomic mass is 10.2. The van der Waals surface area contributed by atoms with Crippen LogP contribution < -0.4 is 5.73 Å². The van der Waals surface area contributed by atoms with Crippen LogP contribution in [0, 0.1) is 5.82 Å². The molecule has 0 bridgehead atoms. The molecular weight excluding hydrogens is 223 g/mol. The first-order valence-corrected chi connectivity index (χ1v) is 5.30. The number of nitrogens with two attached hydrogens (primary N) is 1. The number of hydrogen-bond donors (Lipinski definition) is 1. The molecule has 0 heterocycles. The second-order valence-electron chi connectivity index (χ2n) is 3.78. The zero-order valence-electron chi connectivity index (χ0n) is 10.0. The van der Waals surface area contributed by atoms with Crippen molar-refractivity contribution in [3.63, 3.8) is 0 Å². The minimum atomic E-state index is -0.645. The van der Waals surface area contributed by atoms with Gasteiger partial charge in [0.1, 0.15) is 11.9 Å². The summed E-state index contributed by atoms with van der Waals surface area (Å²) in [5.41, 5.74) is 6.14. The minimum Gasteiger partial charge on any atom is -0.370 e. The Morgan fingerprint density at radius 3 is 2.82 bits per heavy atom. The lowest BCUT2D eigenvalue weighted by Crippen LogP contribution is -2.41. The monoisotopic (exact) mass is 240 g/mol. The Bertz CT molecular complexity index is 381. The SMILES string of the molecule is COC(CN)C(=O)N(C)Cc1cccc(F)c1. The average molecular weight is 240 g/mol. The standard InChI is InChI=1S/C12H17FN2O2/c1-15(12(16)11(7-14)17-2)8-9-4-3-5-10(13)6-9/h3-6,11H,7-8,14H2,1-2H3. The summed E-state index contributed by atoms with van der Waals surface area (Å²) in [5.74, 6) is -0.523. The molecule has 1 aromatic carbocycles. The van der Waals surface area contributed by atoms with Gasteiger partial charge < -0.3 is 15.4 Å². The first-order valence-electron chi connectivity index (χ1n) is 5.30. The second-order valence-corrected chi connectivity index (χ2v) is 3.78. The summed E-state index contributed by atoms with van der Waals surface area (Å²) in [7, 11) is 3.07. The Morgan fingerprint density at radius 1 is 1.59 bits per heavy atom. The Kier molecular flexibility index (Phi) is 5.06. The number of ether oxygens (including phenoxy) is 1. The van der Waals surface area contributed by atoms with Gasteiger partial charge in [0.2, 0.25) is 0 Å². The van der Waals surface area contributed by atoms with E-state index in [4.69, 9.17) is 10.5 Å². The van der Waals surface area contributed by atoms with Crippen molar-refractivity contribution in [2.24, 2.45) is 5.73 Å². The van der Waals surface area contributed by atoms with Gasteiger partial charge in [0, 0.05) is 27.2 Å². The average Bonchev–Trinajstić information content (AvgIpc) is 2.30. The number of benzene rings is 1. The molecule has 0 saturated heterocycles. The Morgan fingerprint density at radius 2 is 2.29 bits per heavy atom. The predicted octanol–water partition coefficient (Wildman–Crippen LogP) is 0.758. The molecule has 4 nitrogen and oxygen atoms in total. The van der Waals surface area contributed by atoms with Crippen molar-refractivity contribution in [1.82, 2.24) is 4.90 Å². The molecule has 0 saturated carbocycles. The maximum atomic E-state index is 13.0. The van der Waals surface area contributed by atoms with E-state index >= 15 is 0 Å². The smallest absolute Gasteiger partial charge is 0.253 e. The van der Waals surface area contributed by atoms with E-state index in [-0.39, 0.29) is 18.3 Å². The molecule has 0 aliphatic rings. The van der Waals surface area contributed by atoms with E-state index in [0.29, 0.717) is 6.54 Å². The summed E-state index contributed by atoms with van der Waals surface area (Å²) in [6, 6.07) is 6.13. The molecule has 5 heteroatoms. The van der Waals surface area contributed by atoms with Gasteiger partial charge in [-0.05, 0) is 17.7 Å². The molecule has 0 aromatic heterocycles. The van der Waals surface area contributed by atoms with Crippen LogP contribution in [0.5, 0.6) is 0 Å². The highest BCUT2D eigenvalue weighted by molar-refractivity contribution is 5.80. The Hall–Kier alpha value is -1.46. The molecule has 0 aliphatic carbocycles. The fraction of sp³-hybridized carbons (Fsp3) is 0.417. The van der Waals surface area contributed by atoms with Gasteiger partial charge in [-0.25, -0.2) is 4.39 Å². The van der Waals surface area contributed by atoms with Gasteiger partial charge in [-0.2, -0.15) is 0 Å². The second kappa shape index (κ2) is 6.32. The fourth-order valence-corrected chi connectivity index (χ4v) is 1.53. The Balaban J connectivity index is 2.65. The summed E-state index contributed by atoms with van der Waals surface area (Å²) >= 11 is 0. The predicted molar refractivity (Wildman–Crippen MR) is 62.7 cm³/mol. The third-order valence-electron chi connectivity index (χ3n) is 2.46. The van der Waals surface area contributed by atoms with Crippen molar-refractivity contribution in [2.75, 3.05) is 20.7 Å². The van der Waals surface area contributed by atoms with Crippen molar-refractivity contribution in [2.45, 2.75) is 12.6 Å². The molecular formula is C12H17FN2O2. The highest BCUT2D eigenvalue weighted by Crippen LogP contribution is 2.07. The van der Waals surface area contributed by atoms with E-state index in [9.17, 15) is 9.18 Å². The van der Waals surface area contributed by atoms with Gasteiger partial charge in [-0.15, -0.1) is 0 Å². The molecule has 1 unspecified atom stereocenters. The molecule has 1 aromatic rings. The summed E-state index contributed by atoms with van der Waals surface area (Å²) < 4.78 is 17.9. The summed E-state index contributed by atoms with van der Waals surface area (Å²) in [6.07, 6.45) is -0.645. The lowest BCUT2D eigenvalue weighted by molar-refractivity contribution is -0.140. The van der Waals surface area contributed by atoms with E-state index in [1.807, 2.05) is 0 Å². The summed E-state index contributed by atoms with van der Waals surface area (Å²) in [6.45, 7) is 0.458. The maximum Gasteiger partial charge on any atom is 0.253 e. The van der Waals surface area contributed by atoms with Crippen molar-refractivity contribution >= 4 is 5.91 Å². The molecule has 0 fully saturated rings. The van der Waals surface area contributed by atoms with Gasteiger partial charge in [-0.3, -0.25) is 4.79 Å². The van der Waals surface area contributed by atoms with Gasteiger partial charge in [-0.1, -0.05) is 12.1 Å². The molecule has 2 N–H and O–H groups in total. The molecule has 17 heavy (non-hydrogen) atoms. The summed E-state index contributed by atoms with van der Waals surface area (Å²) in [4.78, 5) is 13.3.